The van der Waals surface area contributed by atoms with Crippen LogP contribution in [0.25, 0.3) is 6.08 Å². The third-order valence-corrected chi connectivity index (χ3v) is 8.46. The fourth-order valence-electron chi connectivity index (χ4n) is 5.92. The summed E-state index contributed by atoms with van der Waals surface area (Å²) in [6.45, 7) is 11.9. The summed E-state index contributed by atoms with van der Waals surface area (Å²) >= 11 is 0. The van der Waals surface area contributed by atoms with E-state index in [0.29, 0.717) is 5.69 Å². The molecule has 0 bridgehead atoms. The minimum Gasteiger partial charge on any atom is -0.508 e. The zero-order chi connectivity index (χ0) is 25.7. The number of rotatable bonds is 5. The van der Waals surface area contributed by atoms with Gasteiger partial charge in [-0.3, -0.25) is 4.79 Å². The summed E-state index contributed by atoms with van der Waals surface area (Å²) in [7, 11) is 0. The Kier molecular flexibility index (Phi) is 5.86. The number of anilines is 1. The van der Waals surface area contributed by atoms with Crippen molar-refractivity contribution in [2.24, 2.45) is 0 Å². The standard InChI is InChI=1S/C33H37NO2/c1-22-19-28-29(32(4,5)16-15-31(28,2)3)21-27(22)33(17-18-33)24-8-6-7-23(20-24)9-14-30(36)34-25-10-12-26(35)13-11-25/h6-14,19-21,35H,15-18H2,1-5H3,(H,34,36). The number of carbonyl (C=O) groups is 1. The third-order valence-electron chi connectivity index (χ3n) is 8.46. The summed E-state index contributed by atoms with van der Waals surface area (Å²) in [6, 6.07) is 20.1. The molecule has 2 N–H and O–H groups in total. The van der Waals surface area contributed by atoms with E-state index in [0.717, 1.165) is 18.4 Å². The maximum atomic E-state index is 12.4. The monoisotopic (exact) mass is 479 g/mol. The highest BCUT2D eigenvalue weighted by Crippen LogP contribution is 2.56. The molecular formula is C33H37NO2. The molecule has 0 unspecified atom stereocenters. The molecule has 186 valence electrons. The molecule has 3 heteroatoms. The van der Waals surface area contributed by atoms with Gasteiger partial charge in [-0.25, -0.2) is 0 Å². The van der Waals surface area contributed by atoms with Gasteiger partial charge in [0.2, 0.25) is 5.91 Å². The van der Waals surface area contributed by atoms with Gasteiger partial charge in [0.05, 0.1) is 0 Å². The van der Waals surface area contributed by atoms with E-state index in [2.05, 4.69) is 76.3 Å². The van der Waals surface area contributed by atoms with Crippen molar-refractivity contribution in [2.45, 2.75) is 76.5 Å². The Balaban J connectivity index is 1.43. The normalized spacial score (nSPS) is 19.0. The van der Waals surface area contributed by atoms with Gasteiger partial charge in [0.1, 0.15) is 5.75 Å². The molecule has 0 radical (unpaired) electrons. The van der Waals surface area contributed by atoms with E-state index in [1.54, 1.807) is 30.3 Å². The molecule has 0 spiro atoms. The van der Waals surface area contributed by atoms with E-state index >= 15 is 0 Å². The number of hydrogen-bond donors (Lipinski definition) is 2. The second-order valence-corrected chi connectivity index (χ2v) is 12.1. The van der Waals surface area contributed by atoms with Crippen LogP contribution in [0.3, 0.4) is 0 Å². The van der Waals surface area contributed by atoms with Gasteiger partial charge in [-0.1, -0.05) is 64.1 Å². The number of phenols is 1. The van der Waals surface area contributed by atoms with Crippen molar-refractivity contribution in [2.75, 3.05) is 5.32 Å². The number of aryl methyl sites for hydroxylation is 1. The lowest BCUT2D eigenvalue weighted by Gasteiger charge is -2.43. The number of amides is 1. The first-order chi connectivity index (χ1) is 17.0. The van der Waals surface area contributed by atoms with E-state index in [1.165, 1.54) is 40.7 Å². The number of aromatic hydroxyl groups is 1. The van der Waals surface area contributed by atoms with Crippen molar-refractivity contribution in [3.05, 3.63) is 100 Å². The van der Waals surface area contributed by atoms with Crippen LogP contribution in [0.1, 0.15) is 86.8 Å². The largest absolute Gasteiger partial charge is 0.508 e. The first-order valence-corrected chi connectivity index (χ1v) is 13.1. The molecule has 3 aromatic carbocycles. The molecule has 3 aromatic rings. The predicted octanol–water partition coefficient (Wildman–Crippen LogP) is 7.78. The molecule has 0 aliphatic heterocycles. The minimum absolute atomic E-state index is 0.0644. The van der Waals surface area contributed by atoms with Crippen LogP contribution in [0, 0.1) is 6.92 Å². The maximum Gasteiger partial charge on any atom is 0.248 e. The summed E-state index contributed by atoms with van der Waals surface area (Å²) in [5.74, 6) is -0.0154. The van der Waals surface area contributed by atoms with Crippen molar-refractivity contribution in [3.63, 3.8) is 0 Å². The number of phenolic OH excluding ortho intramolecular Hbond substituents is 1. The Morgan fingerprint density at radius 1 is 0.833 bits per heavy atom. The zero-order valence-corrected chi connectivity index (χ0v) is 22.1. The van der Waals surface area contributed by atoms with Gasteiger partial charge in [-0.05, 0) is 107 Å². The van der Waals surface area contributed by atoms with Crippen molar-refractivity contribution in [1.82, 2.24) is 0 Å². The van der Waals surface area contributed by atoms with Gasteiger partial charge in [0.15, 0.2) is 0 Å². The quantitative estimate of drug-likeness (QED) is 0.290. The molecule has 0 saturated heterocycles. The number of nitrogens with one attached hydrogen (secondary N) is 1. The molecule has 5 rings (SSSR count). The van der Waals surface area contributed by atoms with Crippen LogP contribution in [0.4, 0.5) is 5.69 Å². The van der Waals surface area contributed by atoms with Crippen LogP contribution >= 0.6 is 0 Å². The van der Waals surface area contributed by atoms with Crippen LogP contribution < -0.4 is 5.32 Å². The highest BCUT2D eigenvalue weighted by molar-refractivity contribution is 6.01. The van der Waals surface area contributed by atoms with Crippen molar-refractivity contribution >= 4 is 17.7 Å². The Hall–Kier alpha value is -3.33. The molecule has 0 aromatic heterocycles. The molecule has 0 heterocycles. The molecule has 1 amide bonds. The summed E-state index contributed by atoms with van der Waals surface area (Å²) in [6.07, 6.45) is 8.21. The average Bonchev–Trinajstić information content (AvgIpc) is 3.64. The summed E-state index contributed by atoms with van der Waals surface area (Å²) in [5.41, 5.74) is 9.40. The van der Waals surface area contributed by atoms with Crippen molar-refractivity contribution in [1.29, 1.82) is 0 Å². The fourth-order valence-corrected chi connectivity index (χ4v) is 5.92. The van der Waals surface area contributed by atoms with Crippen LogP contribution in [-0.4, -0.2) is 11.0 Å². The smallest absolute Gasteiger partial charge is 0.248 e. The lowest BCUT2D eigenvalue weighted by atomic mass is 9.62. The van der Waals surface area contributed by atoms with E-state index in [4.69, 9.17) is 0 Å². The number of benzene rings is 3. The average molecular weight is 480 g/mol. The van der Waals surface area contributed by atoms with E-state index < -0.39 is 0 Å². The summed E-state index contributed by atoms with van der Waals surface area (Å²) in [4.78, 5) is 12.4. The van der Waals surface area contributed by atoms with E-state index in [9.17, 15) is 9.90 Å². The highest BCUT2D eigenvalue weighted by Gasteiger charge is 2.48. The molecule has 0 atom stereocenters. The number of carbonyl (C=O) groups excluding carboxylic acids is 1. The molecule has 2 aliphatic rings. The van der Waals surface area contributed by atoms with Gasteiger partial charge in [0, 0.05) is 17.2 Å². The van der Waals surface area contributed by atoms with Gasteiger partial charge < -0.3 is 10.4 Å². The first-order valence-electron chi connectivity index (χ1n) is 13.1. The van der Waals surface area contributed by atoms with Crippen LogP contribution in [0.2, 0.25) is 0 Å². The Labute approximate surface area is 215 Å². The van der Waals surface area contributed by atoms with Crippen LogP contribution in [0.5, 0.6) is 5.75 Å². The Bertz CT molecular complexity index is 1340. The Morgan fingerprint density at radius 2 is 1.47 bits per heavy atom. The fraction of sp³-hybridized carbons (Fsp3) is 0.364. The van der Waals surface area contributed by atoms with Gasteiger partial charge in [0.25, 0.3) is 0 Å². The molecule has 1 saturated carbocycles. The molecule has 2 aliphatic carbocycles. The Morgan fingerprint density at radius 3 is 2.11 bits per heavy atom. The maximum absolute atomic E-state index is 12.4. The first kappa shape index (κ1) is 24.4. The molecule has 3 nitrogen and oxygen atoms in total. The molecule has 1 fully saturated rings. The lowest BCUT2D eigenvalue weighted by molar-refractivity contribution is -0.111. The minimum atomic E-state index is -0.192. The van der Waals surface area contributed by atoms with Gasteiger partial charge in [-0.2, -0.15) is 0 Å². The van der Waals surface area contributed by atoms with Crippen LogP contribution in [-0.2, 0) is 21.0 Å². The zero-order valence-electron chi connectivity index (χ0n) is 22.1. The van der Waals surface area contributed by atoms with Gasteiger partial charge >= 0.3 is 0 Å². The second-order valence-electron chi connectivity index (χ2n) is 12.1. The lowest BCUT2D eigenvalue weighted by Crippen LogP contribution is -2.34. The van der Waals surface area contributed by atoms with E-state index in [1.807, 2.05) is 6.08 Å². The molecular weight excluding hydrogens is 442 g/mol. The second kappa shape index (κ2) is 8.65. The summed E-state index contributed by atoms with van der Waals surface area (Å²) in [5, 5.41) is 12.3. The van der Waals surface area contributed by atoms with E-state index in [-0.39, 0.29) is 27.9 Å². The van der Waals surface area contributed by atoms with Crippen LogP contribution in [0.15, 0.2) is 66.7 Å². The topological polar surface area (TPSA) is 49.3 Å². The summed E-state index contributed by atoms with van der Waals surface area (Å²) < 4.78 is 0. The van der Waals surface area contributed by atoms with Crippen molar-refractivity contribution in [3.8, 4) is 5.75 Å². The van der Waals surface area contributed by atoms with Gasteiger partial charge in [-0.15, -0.1) is 0 Å². The SMILES string of the molecule is Cc1cc2c(cc1C1(c3cccc(C=CC(=O)Nc4ccc(O)cc4)c3)CC1)C(C)(C)CCC2(C)C. The highest BCUT2D eigenvalue weighted by atomic mass is 16.3. The molecule has 36 heavy (non-hydrogen) atoms. The number of fused-ring (bicyclic) bond motifs is 1. The van der Waals surface area contributed by atoms with Crippen molar-refractivity contribution < 1.29 is 9.90 Å². The third kappa shape index (κ3) is 4.48. The predicted molar refractivity (Wildman–Crippen MR) is 149 cm³/mol. The number of hydrogen-bond acceptors (Lipinski definition) is 2.